The molecule has 1 amide bonds. The molecule has 0 spiro atoms. The fourth-order valence-electron chi connectivity index (χ4n) is 2.61. The van der Waals surface area contributed by atoms with Gasteiger partial charge in [-0.05, 0) is 55.5 Å². The molecule has 0 fully saturated rings. The predicted molar refractivity (Wildman–Crippen MR) is 100 cm³/mol. The van der Waals surface area contributed by atoms with Gasteiger partial charge in [0.2, 0.25) is 0 Å². The Kier molecular flexibility index (Phi) is 5.17. The highest BCUT2D eigenvalue weighted by Gasteiger charge is 2.23. The van der Waals surface area contributed by atoms with Crippen molar-refractivity contribution in [2.24, 2.45) is 0 Å². The summed E-state index contributed by atoms with van der Waals surface area (Å²) < 4.78 is 7.28. The third kappa shape index (κ3) is 3.83. The van der Waals surface area contributed by atoms with E-state index in [0.29, 0.717) is 5.56 Å². The molecule has 0 bridgehead atoms. The number of rotatable bonds is 5. The standard InChI is InChI=1S/C21H20N2O3/c1-16(20(24)22(2)18-8-4-3-5-9-18)26-21(25)17-10-12-19(13-11-17)23-14-6-7-15-23/h3-16H,1-2H3/t16-/m0/s1. The molecule has 0 aliphatic rings. The summed E-state index contributed by atoms with van der Waals surface area (Å²) in [6, 6.07) is 20.1. The van der Waals surface area contributed by atoms with Gasteiger partial charge in [0.25, 0.3) is 5.91 Å². The van der Waals surface area contributed by atoms with E-state index in [2.05, 4.69) is 0 Å². The van der Waals surface area contributed by atoms with E-state index in [1.807, 2.05) is 71.6 Å². The van der Waals surface area contributed by atoms with Crippen molar-refractivity contribution in [3.63, 3.8) is 0 Å². The highest BCUT2D eigenvalue weighted by atomic mass is 16.5. The number of hydrogen-bond donors (Lipinski definition) is 0. The smallest absolute Gasteiger partial charge is 0.338 e. The summed E-state index contributed by atoms with van der Waals surface area (Å²) >= 11 is 0. The molecule has 5 nitrogen and oxygen atoms in total. The van der Waals surface area contributed by atoms with E-state index in [9.17, 15) is 9.59 Å². The minimum atomic E-state index is -0.878. The number of benzene rings is 2. The van der Waals surface area contributed by atoms with Crippen molar-refractivity contribution < 1.29 is 14.3 Å². The number of amides is 1. The summed E-state index contributed by atoms with van der Waals surface area (Å²) in [5.74, 6) is -0.806. The van der Waals surface area contributed by atoms with Crippen molar-refractivity contribution in [2.75, 3.05) is 11.9 Å². The van der Waals surface area contributed by atoms with Gasteiger partial charge >= 0.3 is 5.97 Å². The topological polar surface area (TPSA) is 51.5 Å². The van der Waals surface area contributed by atoms with E-state index in [1.54, 1.807) is 26.1 Å². The number of para-hydroxylation sites is 1. The fourth-order valence-corrected chi connectivity index (χ4v) is 2.61. The average Bonchev–Trinajstić information content (AvgIpc) is 3.22. The molecule has 26 heavy (non-hydrogen) atoms. The number of nitrogens with zero attached hydrogens (tertiary/aromatic N) is 2. The minimum absolute atomic E-state index is 0.284. The second-order valence-corrected chi connectivity index (χ2v) is 5.92. The van der Waals surface area contributed by atoms with Crippen LogP contribution in [0, 0.1) is 0 Å². The van der Waals surface area contributed by atoms with Crippen molar-refractivity contribution in [1.29, 1.82) is 0 Å². The van der Waals surface area contributed by atoms with E-state index >= 15 is 0 Å². The van der Waals surface area contributed by atoms with Gasteiger partial charge in [-0.1, -0.05) is 18.2 Å². The fraction of sp³-hybridized carbons (Fsp3) is 0.143. The van der Waals surface area contributed by atoms with E-state index in [-0.39, 0.29) is 5.91 Å². The molecule has 0 N–H and O–H groups in total. The van der Waals surface area contributed by atoms with Crippen molar-refractivity contribution in [3.05, 3.63) is 84.7 Å². The van der Waals surface area contributed by atoms with Crippen LogP contribution in [-0.4, -0.2) is 29.6 Å². The van der Waals surface area contributed by atoms with Crippen molar-refractivity contribution >= 4 is 17.6 Å². The van der Waals surface area contributed by atoms with Gasteiger partial charge in [-0.2, -0.15) is 0 Å². The van der Waals surface area contributed by atoms with Gasteiger partial charge in [0.15, 0.2) is 6.10 Å². The Bertz CT molecular complexity index is 871. The summed E-state index contributed by atoms with van der Waals surface area (Å²) in [7, 11) is 1.66. The number of likely N-dealkylation sites (N-methyl/N-ethyl adjacent to an activating group) is 1. The molecule has 1 aromatic heterocycles. The Balaban J connectivity index is 1.64. The minimum Gasteiger partial charge on any atom is -0.449 e. The number of anilines is 1. The highest BCUT2D eigenvalue weighted by Crippen LogP contribution is 2.15. The van der Waals surface area contributed by atoms with Gasteiger partial charge in [0.1, 0.15) is 0 Å². The zero-order chi connectivity index (χ0) is 18.5. The molecule has 3 aromatic rings. The molecule has 0 aliphatic carbocycles. The van der Waals surface area contributed by atoms with Crippen LogP contribution in [0.2, 0.25) is 0 Å². The van der Waals surface area contributed by atoms with Crippen LogP contribution in [0.5, 0.6) is 0 Å². The number of aromatic nitrogens is 1. The molecular formula is C21H20N2O3. The first-order valence-corrected chi connectivity index (χ1v) is 8.33. The Morgan fingerprint density at radius 1 is 0.923 bits per heavy atom. The normalized spacial score (nSPS) is 11.6. The molecule has 5 heteroatoms. The predicted octanol–water partition coefficient (Wildman–Crippen LogP) is 3.69. The van der Waals surface area contributed by atoms with Crippen molar-refractivity contribution in [1.82, 2.24) is 4.57 Å². The van der Waals surface area contributed by atoms with Crippen molar-refractivity contribution in [3.8, 4) is 5.69 Å². The molecular weight excluding hydrogens is 328 g/mol. The summed E-state index contributed by atoms with van der Waals surface area (Å²) in [6.45, 7) is 1.58. The second-order valence-electron chi connectivity index (χ2n) is 5.92. The van der Waals surface area contributed by atoms with E-state index < -0.39 is 12.1 Å². The highest BCUT2D eigenvalue weighted by molar-refractivity contribution is 5.98. The van der Waals surface area contributed by atoms with Crippen LogP contribution in [0.4, 0.5) is 5.69 Å². The van der Waals surface area contributed by atoms with Crippen LogP contribution < -0.4 is 4.90 Å². The van der Waals surface area contributed by atoms with Gasteiger partial charge < -0.3 is 14.2 Å². The van der Waals surface area contributed by atoms with Crippen LogP contribution in [0.1, 0.15) is 17.3 Å². The van der Waals surface area contributed by atoms with Gasteiger partial charge in [-0.15, -0.1) is 0 Å². The number of hydrogen-bond acceptors (Lipinski definition) is 3. The second kappa shape index (κ2) is 7.70. The molecule has 3 rings (SSSR count). The molecule has 0 saturated heterocycles. The number of ether oxygens (including phenoxy) is 1. The summed E-state index contributed by atoms with van der Waals surface area (Å²) in [5.41, 5.74) is 2.10. The molecule has 0 radical (unpaired) electrons. The first-order chi connectivity index (χ1) is 12.6. The van der Waals surface area contributed by atoms with E-state index in [4.69, 9.17) is 4.74 Å². The molecule has 0 aliphatic heterocycles. The van der Waals surface area contributed by atoms with Gasteiger partial charge in [0, 0.05) is 30.8 Å². The lowest BCUT2D eigenvalue weighted by Crippen LogP contribution is -2.37. The zero-order valence-corrected chi connectivity index (χ0v) is 14.7. The van der Waals surface area contributed by atoms with E-state index in [0.717, 1.165) is 11.4 Å². The van der Waals surface area contributed by atoms with Gasteiger partial charge in [-0.3, -0.25) is 4.79 Å². The maximum Gasteiger partial charge on any atom is 0.338 e. The van der Waals surface area contributed by atoms with Crippen LogP contribution in [-0.2, 0) is 9.53 Å². The summed E-state index contributed by atoms with van der Waals surface area (Å²) in [4.78, 5) is 26.3. The molecule has 2 aromatic carbocycles. The first kappa shape index (κ1) is 17.5. The molecule has 132 valence electrons. The lowest BCUT2D eigenvalue weighted by molar-refractivity contribution is -0.126. The van der Waals surface area contributed by atoms with Crippen LogP contribution in [0.3, 0.4) is 0 Å². The maximum atomic E-state index is 12.5. The van der Waals surface area contributed by atoms with E-state index in [1.165, 1.54) is 4.90 Å². The Hall–Kier alpha value is -3.34. The third-order valence-electron chi connectivity index (χ3n) is 4.11. The molecule has 1 atom stereocenters. The summed E-state index contributed by atoms with van der Waals surface area (Å²) in [6.07, 6.45) is 2.97. The number of carbonyl (C=O) groups is 2. The lowest BCUT2D eigenvalue weighted by Gasteiger charge is -2.21. The zero-order valence-electron chi connectivity index (χ0n) is 14.7. The van der Waals surface area contributed by atoms with Crippen LogP contribution in [0.25, 0.3) is 5.69 Å². The first-order valence-electron chi connectivity index (χ1n) is 8.33. The molecule has 1 heterocycles. The van der Waals surface area contributed by atoms with Gasteiger partial charge in [-0.25, -0.2) is 4.79 Å². The maximum absolute atomic E-state index is 12.5. The molecule has 0 unspecified atom stereocenters. The average molecular weight is 348 g/mol. The largest absolute Gasteiger partial charge is 0.449 e. The van der Waals surface area contributed by atoms with Gasteiger partial charge in [0.05, 0.1) is 5.56 Å². The summed E-state index contributed by atoms with van der Waals surface area (Å²) in [5, 5.41) is 0. The lowest BCUT2D eigenvalue weighted by atomic mass is 10.2. The Morgan fingerprint density at radius 2 is 1.54 bits per heavy atom. The van der Waals surface area contributed by atoms with Crippen LogP contribution in [0.15, 0.2) is 79.1 Å². The third-order valence-corrected chi connectivity index (χ3v) is 4.11. The SMILES string of the molecule is C[C@H](OC(=O)c1ccc(-n2cccc2)cc1)C(=O)N(C)c1ccccc1. The van der Waals surface area contributed by atoms with Crippen molar-refractivity contribution in [2.45, 2.75) is 13.0 Å². The van der Waals surface area contributed by atoms with Crippen LogP contribution >= 0.6 is 0 Å². The quantitative estimate of drug-likeness (QED) is 0.661. The number of esters is 1. The monoisotopic (exact) mass is 348 g/mol. The number of carbonyl (C=O) groups excluding carboxylic acids is 2. The molecule has 0 saturated carbocycles. The Labute approximate surface area is 152 Å². The Morgan fingerprint density at radius 3 is 2.15 bits per heavy atom.